The number of hydrogen-bond donors (Lipinski definition) is 1. The third-order valence-corrected chi connectivity index (χ3v) is 2.75. The van der Waals surface area contributed by atoms with Crippen LogP contribution in [0.15, 0.2) is 18.3 Å². The molecule has 3 nitrogen and oxygen atoms in total. The first-order valence-electron chi connectivity index (χ1n) is 6.17. The van der Waals surface area contributed by atoms with Crippen LogP contribution in [-0.2, 0) is 13.1 Å². The first-order chi connectivity index (χ1) is 7.80. The molecule has 16 heavy (non-hydrogen) atoms. The summed E-state index contributed by atoms with van der Waals surface area (Å²) in [7, 11) is 0. The van der Waals surface area contributed by atoms with Crippen molar-refractivity contribution >= 4 is 0 Å². The Kier molecular flexibility index (Phi) is 6.04. The maximum absolute atomic E-state index is 4.49. The molecule has 1 heterocycles. The van der Waals surface area contributed by atoms with Crippen molar-refractivity contribution in [2.75, 3.05) is 19.6 Å². The summed E-state index contributed by atoms with van der Waals surface area (Å²) in [5.41, 5.74) is 2.41. The van der Waals surface area contributed by atoms with Crippen LogP contribution in [0.25, 0.3) is 0 Å². The summed E-state index contributed by atoms with van der Waals surface area (Å²) in [6, 6.07) is 4.29. The predicted octanol–water partition coefficient (Wildman–Crippen LogP) is 2.03. The van der Waals surface area contributed by atoms with Crippen LogP contribution >= 0.6 is 0 Å². The van der Waals surface area contributed by atoms with Crippen LogP contribution in [0.1, 0.15) is 32.0 Å². The van der Waals surface area contributed by atoms with Crippen molar-refractivity contribution in [3.8, 4) is 0 Å². The molecule has 0 saturated carbocycles. The highest BCUT2D eigenvalue weighted by Crippen LogP contribution is 2.03. The zero-order valence-corrected chi connectivity index (χ0v) is 10.7. The van der Waals surface area contributed by atoms with Crippen LogP contribution in [0.3, 0.4) is 0 Å². The van der Waals surface area contributed by atoms with Crippen molar-refractivity contribution in [1.82, 2.24) is 15.2 Å². The Morgan fingerprint density at radius 1 is 1.19 bits per heavy atom. The second kappa shape index (κ2) is 7.36. The van der Waals surface area contributed by atoms with E-state index in [2.05, 4.69) is 48.1 Å². The lowest BCUT2D eigenvalue weighted by molar-refractivity contribution is 0.292. The van der Waals surface area contributed by atoms with E-state index in [1.165, 1.54) is 5.56 Å². The smallest absolute Gasteiger partial charge is 0.0544 e. The molecule has 1 aromatic heterocycles. The largest absolute Gasteiger partial charge is 0.313 e. The van der Waals surface area contributed by atoms with Crippen LogP contribution in [0.5, 0.6) is 0 Å². The van der Waals surface area contributed by atoms with Gasteiger partial charge in [0.15, 0.2) is 0 Å². The van der Waals surface area contributed by atoms with E-state index < -0.39 is 0 Å². The first kappa shape index (κ1) is 13.1. The molecule has 0 atom stereocenters. The molecule has 0 bridgehead atoms. The fraction of sp³-hybridized carbons (Fsp3) is 0.615. The first-order valence-corrected chi connectivity index (χ1v) is 6.17. The predicted molar refractivity (Wildman–Crippen MR) is 68.2 cm³/mol. The zero-order chi connectivity index (χ0) is 11.8. The second-order valence-electron chi connectivity index (χ2n) is 3.90. The monoisotopic (exact) mass is 221 g/mol. The number of nitrogens with one attached hydrogen (secondary N) is 1. The van der Waals surface area contributed by atoms with Gasteiger partial charge < -0.3 is 5.32 Å². The quantitative estimate of drug-likeness (QED) is 0.763. The molecular weight excluding hydrogens is 198 g/mol. The van der Waals surface area contributed by atoms with Crippen molar-refractivity contribution in [2.24, 2.45) is 0 Å². The van der Waals surface area contributed by atoms with Gasteiger partial charge in [0.25, 0.3) is 0 Å². The Hall–Kier alpha value is -0.930. The molecule has 3 heteroatoms. The van der Waals surface area contributed by atoms with Crippen LogP contribution in [0.4, 0.5) is 0 Å². The summed E-state index contributed by atoms with van der Waals surface area (Å²) in [5, 5.41) is 3.30. The molecule has 0 unspecified atom stereocenters. The van der Waals surface area contributed by atoms with Crippen molar-refractivity contribution < 1.29 is 0 Å². The highest BCUT2D eigenvalue weighted by Gasteiger charge is 2.01. The number of hydrogen-bond acceptors (Lipinski definition) is 3. The molecule has 0 aromatic carbocycles. The van der Waals surface area contributed by atoms with E-state index in [0.717, 1.165) is 38.4 Å². The lowest BCUT2D eigenvalue weighted by Gasteiger charge is -2.17. The van der Waals surface area contributed by atoms with Gasteiger partial charge in [0.2, 0.25) is 0 Å². The summed E-state index contributed by atoms with van der Waals surface area (Å²) in [4.78, 5) is 6.85. The van der Waals surface area contributed by atoms with E-state index in [4.69, 9.17) is 0 Å². The van der Waals surface area contributed by atoms with Crippen molar-refractivity contribution in [3.05, 3.63) is 29.6 Å². The lowest BCUT2D eigenvalue weighted by Crippen LogP contribution is -2.22. The minimum Gasteiger partial charge on any atom is -0.313 e. The van der Waals surface area contributed by atoms with E-state index in [9.17, 15) is 0 Å². The molecular formula is C13H23N3. The van der Waals surface area contributed by atoms with Gasteiger partial charge in [0.1, 0.15) is 0 Å². The normalized spacial score (nSPS) is 11.0. The van der Waals surface area contributed by atoms with Gasteiger partial charge in [-0.1, -0.05) is 26.8 Å². The van der Waals surface area contributed by atoms with Crippen molar-refractivity contribution in [3.63, 3.8) is 0 Å². The van der Waals surface area contributed by atoms with Crippen LogP contribution < -0.4 is 5.32 Å². The van der Waals surface area contributed by atoms with E-state index in [-0.39, 0.29) is 0 Å². The molecule has 0 spiro atoms. The zero-order valence-electron chi connectivity index (χ0n) is 10.7. The molecule has 1 rings (SSSR count). The van der Waals surface area contributed by atoms with E-state index in [1.807, 2.05) is 6.20 Å². The molecule has 0 saturated heterocycles. The van der Waals surface area contributed by atoms with Gasteiger partial charge in [-0.05, 0) is 31.3 Å². The molecule has 0 fully saturated rings. The molecule has 0 aliphatic heterocycles. The molecule has 0 aliphatic carbocycles. The molecule has 1 aromatic rings. The van der Waals surface area contributed by atoms with Gasteiger partial charge in [-0.3, -0.25) is 9.88 Å². The lowest BCUT2D eigenvalue weighted by atomic mass is 10.2. The number of pyridine rings is 1. The number of rotatable bonds is 7. The summed E-state index contributed by atoms with van der Waals surface area (Å²) in [5.74, 6) is 0. The molecule has 90 valence electrons. The Balaban J connectivity index is 2.50. The SMILES string of the molecule is CCNCc1ccc(CN(CC)CC)nc1. The average molecular weight is 221 g/mol. The van der Waals surface area contributed by atoms with E-state index in [0.29, 0.717) is 0 Å². The standard InChI is InChI=1S/C13H23N3/c1-4-14-9-12-7-8-13(15-10-12)11-16(5-2)6-3/h7-8,10,14H,4-6,9,11H2,1-3H3. The van der Waals surface area contributed by atoms with Gasteiger partial charge in [-0.25, -0.2) is 0 Å². The number of aromatic nitrogens is 1. The Labute approximate surface area is 98.9 Å². The van der Waals surface area contributed by atoms with Gasteiger partial charge >= 0.3 is 0 Å². The van der Waals surface area contributed by atoms with E-state index in [1.54, 1.807) is 0 Å². The Bertz CT molecular complexity index is 278. The van der Waals surface area contributed by atoms with Crippen LogP contribution in [-0.4, -0.2) is 29.5 Å². The van der Waals surface area contributed by atoms with Crippen LogP contribution in [0, 0.1) is 0 Å². The minimum absolute atomic E-state index is 0.912. The number of nitrogens with zero attached hydrogens (tertiary/aromatic N) is 2. The maximum Gasteiger partial charge on any atom is 0.0544 e. The third kappa shape index (κ3) is 4.29. The van der Waals surface area contributed by atoms with Gasteiger partial charge in [-0.15, -0.1) is 0 Å². The summed E-state index contributed by atoms with van der Waals surface area (Å²) in [6.45, 7) is 11.5. The fourth-order valence-electron chi connectivity index (χ4n) is 1.60. The Morgan fingerprint density at radius 3 is 2.44 bits per heavy atom. The van der Waals surface area contributed by atoms with Gasteiger partial charge in [0, 0.05) is 19.3 Å². The summed E-state index contributed by atoms with van der Waals surface area (Å²) >= 11 is 0. The summed E-state index contributed by atoms with van der Waals surface area (Å²) in [6.07, 6.45) is 1.97. The van der Waals surface area contributed by atoms with Crippen LogP contribution in [0.2, 0.25) is 0 Å². The molecule has 0 aliphatic rings. The fourth-order valence-corrected chi connectivity index (χ4v) is 1.60. The Morgan fingerprint density at radius 2 is 1.94 bits per heavy atom. The van der Waals surface area contributed by atoms with E-state index >= 15 is 0 Å². The highest BCUT2D eigenvalue weighted by atomic mass is 15.1. The summed E-state index contributed by atoms with van der Waals surface area (Å²) < 4.78 is 0. The minimum atomic E-state index is 0.912. The average Bonchev–Trinajstić information content (AvgIpc) is 2.35. The van der Waals surface area contributed by atoms with Crippen molar-refractivity contribution in [2.45, 2.75) is 33.9 Å². The second-order valence-corrected chi connectivity index (χ2v) is 3.90. The maximum atomic E-state index is 4.49. The molecule has 1 N–H and O–H groups in total. The highest BCUT2D eigenvalue weighted by molar-refractivity contribution is 5.13. The van der Waals surface area contributed by atoms with Gasteiger partial charge in [-0.2, -0.15) is 0 Å². The topological polar surface area (TPSA) is 28.2 Å². The molecule has 0 radical (unpaired) electrons. The third-order valence-electron chi connectivity index (χ3n) is 2.75. The van der Waals surface area contributed by atoms with Crippen molar-refractivity contribution in [1.29, 1.82) is 0 Å². The molecule has 0 amide bonds. The van der Waals surface area contributed by atoms with Gasteiger partial charge in [0.05, 0.1) is 5.69 Å².